The molecule has 3 heterocycles. The first-order valence-corrected chi connectivity index (χ1v) is 12.3. The smallest absolute Gasteiger partial charge is 0.313 e. The lowest BCUT2D eigenvalue weighted by Crippen LogP contribution is -2.31. The Morgan fingerprint density at radius 2 is 2.03 bits per heavy atom. The second-order valence-electron chi connectivity index (χ2n) is 8.21. The summed E-state index contributed by atoms with van der Waals surface area (Å²) in [5.74, 6) is -0.365. The first-order valence-electron chi connectivity index (χ1n) is 10.1. The highest BCUT2D eigenvalue weighted by atomic mass is 35.5. The molecule has 166 valence electrons. The highest BCUT2D eigenvalue weighted by molar-refractivity contribution is 7.91. The van der Waals surface area contributed by atoms with Crippen molar-refractivity contribution >= 4 is 33.2 Å². The minimum absolute atomic E-state index is 0.0825. The average Bonchev–Trinajstić information content (AvgIpc) is 3.22. The highest BCUT2D eigenvalue weighted by Gasteiger charge is 2.32. The Morgan fingerprint density at radius 3 is 2.74 bits per heavy atom. The van der Waals surface area contributed by atoms with Crippen molar-refractivity contribution in [1.82, 2.24) is 4.57 Å². The predicted molar refractivity (Wildman–Crippen MR) is 116 cm³/mol. The van der Waals surface area contributed by atoms with E-state index in [0.29, 0.717) is 34.9 Å². The van der Waals surface area contributed by atoms with E-state index in [1.54, 1.807) is 31.2 Å². The van der Waals surface area contributed by atoms with E-state index in [1.807, 2.05) is 11.5 Å². The summed E-state index contributed by atoms with van der Waals surface area (Å²) < 4.78 is 36.5. The zero-order valence-corrected chi connectivity index (χ0v) is 19.0. The van der Waals surface area contributed by atoms with E-state index in [9.17, 15) is 18.0 Å². The van der Waals surface area contributed by atoms with Gasteiger partial charge in [-0.05, 0) is 56.5 Å². The van der Waals surface area contributed by atoms with Crippen LogP contribution in [0, 0.1) is 19.8 Å². The number of carbonyl (C=O) groups excluding carboxylic acids is 2. The molecule has 1 saturated heterocycles. The standard InChI is InChI=1S/C22H24ClNO6S/c1-13-7-19(14(2)24(13)18-5-6-31(27,28)12-18)20(25)11-30-22(26)16-8-15-9-17(23)3-4-21(15)29-10-16/h3-4,7,9,16,18H,5-6,8,10-12H2,1-2H3. The van der Waals surface area contributed by atoms with Crippen molar-refractivity contribution in [3.8, 4) is 5.75 Å². The Kier molecular flexibility index (Phi) is 5.87. The second kappa shape index (κ2) is 8.31. The van der Waals surface area contributed by atoms with Gasteiger partial charge < -0.3 is 14.0 Å². The zero-order chi connectivity index (χ0) is 22.3. The zero-order valence-electron chi connectivity index (χ0n) is 17.4. The number of nitrogens with zero attached hydrogens (tertiary/aromatic N) is 1. The van der Waals surface area contributed by atoms with Crippen LogP contribution in [0.4, 0.5) is 0 Å². The fourth-order valence-electron chi connectivity index (χ4n) is 4.45. The Labute approximate surface area is 186 Å². The van der Waals surface area contributed by atoms with Crippen LogP contribution in [0.15, 0.2) is 24.3 Å². The number of esters is 1. The van der Waals surface area contributed by atoms with E-state index in [0.717, 1.165) is 11.3 Å². The molecule has 9 heteroatoms. The van der Waals surface area contributed by atoms with Gasteiger partial charge in [0, 0.05) is 28.0 Å². The van der Waals surface area contributed by atoms with Crippen LogP contribution in [-0.4, -0.2) is 49.5 Å². The van der Waals surface area contributed by atoms with Crippen molar-refractivity contribution in [3.63, 3.8) is 0 Å². The molecule has 0 bridgehead atoms. The summed E-state index contributed by atoms with van der Waals surface area (Å²) in [7, 11) is -3.04. The Bertz CT molecular complexity index is 1150. The number of sulfone groups is 1. The molecule has 2 unspecified atom stereocenters. The van der Waals surface area contributed by atoms with Gasteiger partial charge in [0.2, 0.25) is 5.78 Å². The van der Waals surface area contributed by atoms with E-state index in [2.05, 4.69) is 0 Å². The molecule has 7 nitrogen and oxygen atoms in total. The number of aryl methyl sites for hydroxylation is 1. The van der Waals surface area contributed by atoms with Gasteiger partial charge in [0.05, 0.1) is 17.4 Å². The molecule has 31 heavy (non-hydrogen) atoms. The molecular formula is C22H24ClNO6S. The van der Waals surface area contributed by atoms with Gasteiger partial charge in [0.25, 0.3) is 0 Å². The predicted octanol–water partition coefficient (Wildman–Crippen LogP) is 3.10. The monoisotopic (exact) mass is 465 g/mol. The number of hydrogen-bond acceptors (Lipinski definition) is 6. The van der Waals surface area contributed by atoms with Crippen molar-refractivity contribution in [2.24, 2.45) is 5.92 Å². The third-order valence-electron chi connectivity index (χ3n) is 5.97. The molecule has 0 saturated carbocycles. The first-order chi connectivity index (χ1) is 14.6. The van der Waals surface area contributed by atoms with Crippen LogP contribution in [0.25, 0.3) is 0 Å². The molecule has 2 aliphatic heterocycles. The van der Waals surface area contributed by atoms with Gasteiger partial charge in [0.15, 0.2) is 16.4 Å². The molecule has 2 aromatic rings. The molecule has 0 aliphatic carbocycles. The third-order valence-corrected chi connectivity index (χ3v) is 7.95. The SMILES string of the molecule is Cc1cc(C(=O)COC(=O)C2COc3ccc(Cl)cc3C2)c(C)n1C1CCS(=O)(=O)C1. The molecule has 4 rings (SSSR count). The molecular weight excluding hydrogens is 442 g/mol. The maximum absolute atomic E-state index is 12.7. The van der Waals surface area contributed by atoms with Crippen molar-refractivity contribution in [2.75, 3.05) is 24.7 Å². The molecule has 1 aromatic heterocycles. The average molecular weight is 466 g/mol. The third kappa shape index (κ3) is 4.50. The van der Waals surface area contributed by atoms with Crippen LogP contribution >= 0.6 is 11.6 Å². The maximum atomic E-state index is 12.7. The first kappa shape index (κ1) is 21.9. The molecule has 1 fully saturated rings. The summed E-state index contributed by atoms with van der Waals surface area (Å²) in [6, 6.07) is 6.83. The number of rotatable bonds is 5. The van der Waals surface area contributed by atoms with Crippen LogP contribution in [0.2, 0.25) is 5.02 Å². The summed E-state index contributed by atoms with van der Waals surface area (Å²) in [6.07, 6.45) is 0.974. The van der Waals surface area contributed by atoms with Crippen molar-refractivity contribution in [2.45, 2.75) is 32.7 Å². The van der Waals surface area contributed by atoms with Crippen LogP contribution in [-0.2, 0) is 25.8 Å². The Morgan fingerprint density at radius 1 is 1.26 bits per heavy atom. The maximum Gasteiger partial charge on any atom is 0.313 e. The van der Waals surface area contributed by atoms with Gasteiger partial charge in [-0.3, -0.25) is 9.59 Å². The molecule has 1 aromatic carbocycles. The van der Waals surface area contributed by atoms with Gasteiger partial charge in [-0.15, -0.1) is 0 Å². The fraction of sp³-hybridized carbons (Fsp3) is 0.455. The summed E-state index contributed by atoms with van der Waals surface area (Å²) in [5.41, 5.74) is 2.81. The lowest BCUT2D eigenvalue weighted by Gasteiger charge is -2.24. The molecule has 0 amide bonds. The number of ketones is 1. The lowest BCUT2D eigenvalue weighted by atomic mass is 9.97. The second-order valence-corrected chi connectivity index (χ2v) is 10.9. The van der Waals surface area contributed by atoms with Crippen molar-refractivity contribution in [3.05, 3.63) is 51.8 Å². The minimum atomic E-state index is -3.04. The van der Waals surface area contributed by atoms with Gasteiger partial charge in [-0.25, -0.2) is 8.42 Å². The van der Waals surface area contributed by atoms with Crippen LogP contribution in [0.5, 0.6) is 5.75 Å². The van der Waals surface area contributed by atoms with E-state index < -0.39 is 21.7 Å². The van der Waals surface area contributed by atoms with E-state index in [4.69, 9.17) is 21.1 Å². The molecule has 0 radical (unpaired) electrons. The van der Waals surface area contributed by atoms with Gasteiger partial charge in [-0.2, -0.15) is 0 Å². The molecule has 0 N–H and O–H groups in total. The number of aromatic nitrogens is 1. The van der Waals surface area contributed by atoms with Crippen LogP contribution < -0.4 is 4.74 Å². The minimum Gasteiger partial charge on any atom is -0.492 e. The van der Waals surface area contributed by atoms with Crippen LogP contribution in [0.3, 0.4) is 0 Å². The Hall–Kier alpha value is -2.32. The van der Waals surface area contributed by atoms with Gasteiger partial charge >= 0.3 is 5.97 Å². The molecule has 2 atom stereocenters. The largest absolute Gasteiger partial charge is 0.492 e. The number of ether oxygens (including phenoxy) is 2. The number of Topliss-reactive ketones (excluding diaryl/α,β-unsaturated/α-hetero) is 1. The summed E-state index contributed by atoms with van der Waals surface area (Å²) in [5, 5.41) is 0.567. The normalized spacial score (nSPS) is 21.9. The number of halogens is 1. The van der Waals surface area contributed by atoms with Crippen molar-refractivity contribution in [1.29, 1.82) is 0 Å². The molecule has 2 aliphatic rings. The summed E-state index contributed by atoms with van der Waals surface area (Å²) >= 11 is 6.01. The van der Waals surface area contributed by atoms with Gasteiger partial charge in [0.1, 0.15) is 12.4 Å². The van der Waals surface area contributed by atoms with Crippen molar-refractivity contribution < 1.29 is 27.5 Å². The number of benzene rings is 1. The quantitative estimate of drug-likeness (QED) is 0.497. The van der Waals surface area contributed by atoms with E-state index >= 15 is 0 Å². The van der Waals surface area contributed by atoms with Gasteiger partial charge in [-0.1, -0.05) is 11.6 Å². The lowest BCUT2D eigenvalue weighted by molar-refractivity contribution is -0.148. The highest BCUT2D eigenvalue weighted by Crippen LogP contribution is 2.31. The van der Waals surface area contributed by atoms with Crippen LogP contribution in [0.1, 0.15) is 39.8 Å². The number of hydrogen-bond donors (Lipinski definition) is 0. The number of carbonyl (C=O) groups is 2. The summed E-state index contributed by atoms with van der Waals surface area (Å²) in [6.45, 7) is 3.46. The van der Waals surface area contributed by atoms with E-state index in [1.165, 1.54) is 0 Å². The number of fused-ring (bicyclic) bond motifs is 1. The van der Waals surface area contributed by atoms with E-state index in [-0.39, 0.29) is 36.5 Å². The summed E-state index contributed by atoms with van der Waals surface area (Å²) in [4.78, 5) is 25.3. The fourth-order valence-corrected chi connectivity index (χ4v) is 6.34. The molecule has 0 spiro atoms. The Balaban J connectivity index is 1.40. The topological polar surface area (TPSA) is 91.7 Å².